The zero-order chi connectivity index (χ0) is 17.6. The van der Waals surface area contributed by atoms with Crippen LogP contribution in [0, 0.1) is 28.4 Å². The summed E-state index contributed by atoms with van der Waals surface area (Å²) < 4.78 is 26.2. The number of halogens is 2. The molecule has 1 aromatic carbocycles. The van der Waals surface area contributed by atoms with Crippen LogP contribution in [-0.4, -0.2) is 13.1 Å². The second-order valence-electron chi connectivity index (χ2n) is 5.71. The lowest BCUT2D eigenvalue weighted by molar-refractivity contribution is -0.363. The highest BCUT2D eigenvalue weighted by molar-refractivity contribution is 5.58. The van der Waals surface area contributed by atoms with Crippen molar-refractivity contribution < 1.29 is 13.8 Å². The van der Waals surface area contributed by atoms with Crippen molar-refractivity contribution in [3.8, 4) is 11.8 Å². The van der Waals surface area contributed by atoms with Gasteiger partial charge in [-0.1, -0.05) is 17.4 Å². The van der Waals surface area contributed by atoms with Crippen LogP contribution in [0.2, 0.25) is 0 Å². The van der Waals surface area contributed by atoms with Gasteiger partial charge in [-0.15, -0.1) is 4.91 Å². The van der Waals surface area contributed by atoms with Crippen LogP contribution in [0.3, 0.4) is 0 Å². The lowest BCUT2D eigenvalue weighted by Gasteiger charge is -2.23. The topological polar surface area (TPSA) is 46.8 Å². The van der Waals surface area contributed by atoms with E-state index in [1.165, 1.54) is 12.1 Å². The predicted molar refractivity (Wildman–Crippen MR) is 91.2 cm³/mol. The summed E-state index contributed by atoms with van der Waals surface area (Å²) in [5, 5.41) is 3.04. The molecule has 0 amide bonds. The number of piperidine rings is 1. The molecule has 0 bridgehead atoms. The summed E-state index contributed by atoms with van der Waals surface area (Å²) in [4.78, 5) is 16.0. The maximum Gasteiger partial charge on any atom is 0.304 e. The van der Waals surface area contributed by atoms with Crippen LogP contribution in [-0.2, 0) is 0 Å². The molecule has 6 heteroatoms. The Balaban J connectivity index is 1.65. The van der Waals surface area contributed by atoms with Crippen molar-refractivity contribution in [2.75, 3.05) is 18.0 Å². The number of aromatic nitrogens is 1. The number of nitroso groups, excluding NO2 is 1. The Bertz CT molecular complexity index is 853. The molecule has 1 saturated heterocycles. The average molecular weight is 340 g/mol. The number of nitrogens with one attached hydrogen (secondary N) is 1. The minimum atomic E-state index is -0.635. The molecule has 0 unspecified atom stereocenters. The molecule has 0 radical (unpaired) electrons. The average Bonchev–Trinajstić information content (AvgIpc) is 2.61. The third-order valence-corrected chi connectivity index (χ3v) is 3.99. The Kier molecular flexibility index (Phi) is 5.14. The second-order valence-corrected chi connectivity index (χ2v) is 5.71. The van der Waals surface area contributed by atoms with Gasteiger partial charge in [0.1, 0.15) is 11.6 Å². The van der Waals surface area contributed by atoms with E-state index in [0.29, 0.717) is 11.3 Å². The van der Waals surface area contributed by atoms with E-state index in [1.54, 1.807) is 24.4 Å². The second kappa shape index (κ2) is 7.67. The number of hydrogen-bond acceptors (Lipinski definition) is 3. The number of pyridine rings is 1. The zero-order valence-corrected chi connectivity index (χ0v) is 13.4. The fourth-order valence-electron chi connectivity index (χ4n) is 2.76. The number of aromatic amines is 1. The Morgan fingerprint density at radius 3 is 2.56 bits per heavy atom. The van der Waals surface area contributed by atoms with Gasteiger partial charge in [0.15, 0.2) is 5.69 Å². The number of rotatable bonds is 2. The highest BCUT2D eigenvalue weighted by Crippen LogP contribution is 2.26. The first-order valence-electron chi connectivity index (χ1n) is 7.90. The van der Waals surface area contributed by atoms with Gasteiger partial charge in [0, 0.05) is 24.5 Å². The first-order valence-corrected chi connectivity index (χ1v) is 7.90. The van der Waals surface area contributed by atoms with E-state index in [4.69, 9.17) is 0 Å². The largest absolute Gasteiger partial charge is 0.304 e. The Hall–Kier alpha value is -3.07. The lowest BCUT2D eigenvalue weighted by atomic mass is 10.0. The molecule has 1 aromatic heterocycles. The molecule has 126 valence electrons. The summed E-state index contributed by atoms with van der Waals surface area (Å²) in [6.07, 6.45) is 5.16. The van der Waals surface area contributed by atoms with Crippen LogP contribution in [0.4, 0.5) is 20.3 Å². The maximum absolute atomic E-state index is 13.1. The minimum absolute atomic E-state index is 0.312. The molecule has 3 rings (SSSR count). The smallest absolute Gasteiger partial charge is 0.259 e. The summed E-state index contributed by atoms with van der Waals surface area (Å²) in [6.45, 7) is 1.48. The fourth-order valence-corrected chi connectivity index (χ4v) is 2.76. The zero-order valence-electron chi connectivity index (χ0n) is 13.4. The Morgan fingerprint density at radius 2 is 1.88 bits per heavy atom. The standard InChI is InChI=1S/C19H15F2N3O/c20-16-11-15(12-17(21)13-16)4-1-3-14-6-9-24(10-7-14)19-18(23-25)5-2-8-22-19/h2-3,5,8,11-13H,6-7,9-10H2/p+1. The fraction of sp³-hybridized carbons (Fsp3) is 0.211. The van der Waals surface area contributed by atoms with E-state index in [-0.39, 0.29) is 0 Å². The molecule has 2 heterocycles. The van der Waals surface area contributed by atoms with Gasteiger partial charge in [-0.2, -0.15) is 0 Å². The van der Waals surface area contributed by atoms with Gasteiger partial charge in [-0.05, 0) is 35.5 Å². The minimum Gasteiger partial charge on any atom is -0.259 e. The number of allylic oxidation sites excluding steroid dienone is 1. The lowest BCUT2D eigenvalue weighted by Crippen LogP contribution is -2.34. The van der Waals surface area contributed by atoms with Gasteiger partial charge in [0.05, 0.1) is 19.3 Å². The summed E-state index contributed by atoms with van der Waals surface area (Å²) in [5.41, 5.74) is 1.87. The van der Waals surface area contributed by atoms with Gasteiger partial charge in [-0.25, -0.2) is 13.8 Å². The monoisotopic (exact) mass is 340 g/mol. The number of benzene rings is 1. The van der Waals surface area contributed by atoms with Crippen molar-refractivity contribution >= 4 is 11.5 Å². The molecule has 25 heavy (non-hydrogen) atoms. The molecular weight excluding hydrogens is 324 g/mol. The van der Waals surface area contributed by atoms with Crippen LogP contribution in [0.1, 0.15) is 18.4 Å². The summed E-state index contributed by atoms with van der Waals surface area (Å²) in [6, 6.07) is 6.64. The highest BCUT2D eigenvalue weighted by Gasteiger charge is 2.24. The molecule has 2 aromatic rings. The normalized spacial score (nSPS) is 13.8. The number of anilines is 1. The molecular formula is C19H16F2N3O+. The third kappa shape index (κ3) is 4.27. The van der Waals surface area contributed by atoms with E-state index in [2.05, 4.69) is 26.9 Å². The SMILES string of the molecule is O=Nc1ccc[nH+]c1N1CCC(=CC#Cc2cc(F)cc(F)c2)CC1. The van der Waals surface area contributed by atoms with Gasteiger partial charge < -0.3 is 0 Å². The number of H-pyrrole nitrogens is 1. The maximum atomic E-state index is 13.1. The van der Waals surface area contributed by atoms with Crippen LogP contribution in [0.25, 0.3) is 0 Å². The molecule has 1 aliphatic rings. The summed E-state index contributed by atoms with van der Waals surface area (Å²) >= 11 is 0. The van der Waals surface area contributed by atoms with Crippen molar-refractivity contribution in [2.24, 2.45) is 5.18 Å². The molecule has 1 aliphatic heterocycles. The third-order valence-electron chi connectivity index (χ3n) is 3.99. The van der Waals surface area contributed by atoms with Gasteiger partial charge in [0.25, 0.3) is 0 Å². The van der Waals surface area contributed by atoms with Gasteiger partial charge >= 0.3 is 5.82 Å². The predicted octanol–water partition coefficient (Wildman–Crippen LogP) is 3.76. The quantitative estimate of drug-likeness (QED) is 0.617. The first-order chi connectivity index (χ1) is 12.2. The van der Waals surface area contributed by atoms with E-state index in [9.17, 15) is 13.7 Å². The van der Waals surface area contributed by atoms with E-state index in [1.807, 2.05) is 0 Å². The van der Waals surface area contributed by atoms with E-state index in [0.717, 1.165) is 43.4 Å². The van der Waals surface area contributed by atoms with Gasteiger partial charge in [0.2, 0.25) is 0 Å². The summed E-state index contributed by atoms with van der Waals surface area (Å²) in [7, 11) is 0. The van der Waals surface area contributed by atoms with Crippen molar-refractivity contribution in [3.63, 3.8) is 0 Å². The van der Waals surface area contributed by atoms with Crippen LogP contribution in [0.5, 0.6) is 0 Å². The van der Waals surface area contributed by atoms with Crippen molar-refractivity contribution in [2.45, 2.75) is 12.8 Å². The molecule has 4 nitrogen and oxygen atoms in total. The molecule has 0 spiro atoms. The van der Waals surface area contributed by atoms with E-state index >= 15 is 0 Å². The molecule has 0 aliphatic carbocycles. The highest BCUT2D eigenvalue weighted by atomic mass is 19.1. The number of nitrogens with zero attached hydrogens (tertiary/aromatic N) is 2. The van der Waals surface area contributed by atoms with Crippen molar-refractivity contribution in [1.29, 1.82) is 0 Å². The molecule has 1 N–H and O–H groups in total. The Morgan fingerprint density at radius 1 is 1.16 bits per heavy atom. The van der Waals surface area contributed by atoms with Crippen molar-refractivity contribution in [1.82, 2.24) is 0 Å². The number of hydrogen-bond donors (Lipinski definition) is 0. The molecule has 0 atom stereocenters. The molecule has 1 fully saturated rings. The van der Waals surface area contributed by atoms with E-state index < -0.39 is 11.6 Å². The van der Waals surface area contributed by atoms with Crippen LogP contribution < -0.4 is 9.88 Å². The molecule has 0 saturated carbocycles. The van der Waals surface area contributed by atoms with Crippen LogP contribution >= 0.6 is 0 Å². The van der Waals surface area contributed by atoms with Crippen LogP contribution in [0.15, 0.2) is 53.4 Å². The summed E-state index contributed by atoms with van der Waals surface area (Å²) in [5.74, 6) is 5.06. The Labute approximate surface area is 144 Å². The first kappa shape index (κ1) is 16.8. The van der Waals surface area contributed by atoms with Gasteiger partial charge in [-0.3, -0.25) is 4.90 Å². The van der Waals surface area contributed by atoms with Crippen molar-refractivity contribution in [3.05, 3.63) is 70.3 Å².